The van der Waals surface area contributed by atoms with E-state index in [1.807, 2.05) is 13.8 Å². The van der Waals surface area contributed by atoms with Crippen LogP contribution in [0.15, 0.2) is 23.8 Å². The molecule has 4 aliphatic rings. The zero-order valence-electron chi connectivity index (χ0n) is 16.2. The second kappa shape index (κ2) is 6.00. The van der Waals surface area contributed by atoms with Crippen LogP contribution in [0.1, 0.15) is 46.5 Å². The van der Waals surface area contributed by atoms with Crippen molar-refractivity contribution >= 4 is 23.2 Å². The highest BCUT2D eigenvalue weighted by Gasteiger charge is 2.71. The Hall–Kier alpha value is -1.00. The highest BCUT2D eigenvalue weighted by molar-refractivity contribution is 6.28. The average molecular weight is 395 g/mol. The Morgan fingerprint density at radius 3 is 2.74 bits per heavy atom. The molecule has 0 spiro atoms. The number of Topliss-reactive ketones (excluding diaryl/α,β-unsaturated/α-hetero) is 1. The van der Waals surface area contributed by atoms with E-state index >= 15 is 4.39 Å². The van der Waals surface area contributed by atoms with Gasteiger partial charge in [0.15, 0.2) is 17.2 Å². The molecule has 0 radical (unpaired) electrons. The van der Waals surface area contributed by atoms with Crippen LogP contribution < -0.4 is 0 Å². The molecule has 0 amide bonds. The first kappa shape index (κ1) is 19.3. The molecule has 8 atom stereocenters. The third-order valence-electron chi connectivity index (χ3n) is 8.46. The number of carbonyl (C=O) groups is 2. The van der Waals surface area contributed by atoms with Crippen molar-refractivity contribution in [3.63, 3.8) is 0 Å². The number of hydrogen-bond donors (Lipinski definition) is 1. The lowest BCUT2D eigenvalue weighted by molar-refractivity contribution is -0.195. The first-order valence-corrected chi connectivity index (χ1v) is 10.5. The van der Waals surface area contributed by atoms with Gasteiger partial charge in [0.2, 0.25) is 0 Å². The number of hydrogen-bond acceptors (Lipinski definition) is 3. The normalized spacial score (nSPS) is 51.3. The van der Waals surface area contributed by atoms with Gasteiger partial charge in [-0.1, -0.05) is 25.5 Å². The molecule has 1 N–H and O–H groups in total. The summed E-state index contributed by atoms with van der Waals surface area (Å²) in [6.45, 7) is 5.92. The largest absolute Gasteiger partial charge is 0.390 e. The molecule has 0 aromatic heterocycles. The van der Waals surface area contributed by atoms with Gasteiger partial charge >= 0.3 is 0 Å². The van der Waals surface area contributed by atoms with Gasteiger partial charge in [-0.3, -0.25) is 9.59 Å². The average Bonchev–Trinajstić information content (AvgIpc) is 2.86. The molecule has 0 bridgehead atoms. The Labute approximate surface area is 165 Å². The van der Waals surface area contributed by atoms with Crippen molar-refractivity contribution in [1.29, 1.82) is 0 Å². The van der Waals surface area contributed by atoms with E-state index in [0.717, 1.165) is 12.0 Å². The molecule has 0 heterocycles. The van der Waals surface area contributed by atoms with Crippen LogP contribution in [0.3, 0.4) is 0 Å². The molecule has 3 fully saturated rings. The van der Waals surface area contributed by atoms with Gasteiger partial charge in [0.25, 0.3) is 0 Å². The minimum Gasteiger partial charge on any atom is -0.390 e. The molecule has 0 aromatic carbocycles. The Balaban J connectivity index is 1.80. The van der Waals surface area contributed by atoms with Crippen molar-refractivity contribution < 1.29 is 19.1 Å². The fraction of sp³-hybridized carbons (Fsp3) is 0.727. The Kier molecular flexibility index (Phi) is 4.29. The van der Waals surface area contributed by atoms with Crippen molar-refractivity contribution in [2.24, 2.45) is 34.5 Å². The van der Waals surface area contributed by atoms with Crippen LogP contribution in [0.2, 0.25) is 0 Å². The molecule has 4 rings (SSSR count). The molecule has 3 nitrogen and oxygen atoms in total. The van der Waals surface area contributed by atoms with Gasteiger partial charge in [0.1, 0.15) is 0 Å². The van der Waals surface area contributed by atoms with Crippen LogP contribution in [0.5, 0.6) is 0 Å². The summed E-state index contributed by atoms with van der Waals surface area (Å²) in [5.74, 6) is -0.528. The molecule has 148 valence electrons. The first-order valence-electron chi connectivity index (χ1n) is 9.99. The minimum atomic E-state index is -1.82. The van der Waals surface area contributed by atoms with E-state index < -0.39 is 22.6 Å². The topological polar surface area (TPSA) is 54.4 Å². The predicted molar refractivity (Wildman–Crippen MR) is 102 cm³/mol. The molecule has 0 aliphatic heterocycles. The SMILES string of the molecule is CC1CC2C3CCC4=CC(=O)C=CC4(C)[C@@]3(F)C(O)CC2(C)C1C(=O)CCl. The van der Waals surface area contributed by atoms with Crippen molar-refractivity contribution in [2.45, 2.75) is 58.2 Å². The van der Waals surface area contributed by atoms with Crippen LogP contribution in [0.25, 0.3) is 0 Å². The summed E-state index contributed by atoms with van der Waals surface area (Å²) in [7, 11) is 0. The number of alkyl halides is 2. The Morgan fingerprint density at radius 2 is 2.07 bits per heavy atom. The highest BCUT2D eigenvalue weighted by Crippen LogP contribution is 2.69. The minimum absolute atomic E-state index is 0.0125. The van der Waals surface area contributed by atoms with E-state index in [1.54, 1.807) is 12.2 Å². The zero-order valence-corrected chi connectivity index (χ0v) is 16.9. The third-order valence-corrected chi connectivity index (χ3v) is 8.72. The maximum Gasteiger partial charge on any atom is 0.178 e. The number of halogens is 2. The number of carbonyl (C=O) groups excluding carboxylic acids is 2. The standard InChI is InChI=1S/C22H28ClFO3/c1-12-8-16-15-5-4-13-9-14(25)6-7-21(13,3)22(15,24)18(27)10-20(16,2)19(12)17(26)11-23/h6-7,9,12,15-16,18-19,27H,4-5,8,10-11H2,1-3H3/t12?,15?,16?,18?,19?,20?,21?,22-/m0/s1. The number of rotatable bonds is 2. The summed E-state index contributed by atoms with van der Waals surface area (Å²) in [6.07, 6.45) is 5.78. The summed E-state index contributed by atoms with van der Waals surface area (Å²) in [6, 6.07) is 0. The van der Waals surface area contributed by atoms with Crippen LogP contribution in [0.4, 0.5) is 4.39 Å². The summed E-state index contributed by atoms with van der Waals surface area (Å²) in [4.78, 5) is 24.4. The van der Waals surface area contributed by atoms with Gasteiger partial charge < -0.3 is 5.11 Å². The smallest absolute Gasteiger partial charge is 0.178 e. The summed E-state index contributed by atoms with van der Waals surface area (Å²) >= 11 is 5.88. The number of aliphatic hydroxyl groups excluding tert-OH is 1. The van der Waals surface area contributed by atoms with Gasteiger partial charge in [0.05, 0.1) is 12.0 Å². The molecule has 3 saturated carbocycles. The fourth-order valence-corrected chi connectivity index (χ4v) is 7.51. The number of ketones is 2. The van der Waals surface area contributed by atoms with Crippen molar-refractivity contribution in [1.82, 2.24) is 0 Å². The quantitative estimate of drug-likeness (QED) is 0.719. The Bertz CT molecular complexity index is 761. The maximum atomic E-state index is 16.8. The second-order valence-corrected chi connectivity index (χ2v) is 9.91. The van der Waals surface area contributed by atoms with E-state index in [2.05, 4.69) is 6.92 Å². The molecule has 27 heavy (non-hydrogen) atoms. The van der Waals surface area contributed by atoms with Crippen LogP contribution in [-0.4, -0.2) is 34.3 Å². The van der Waals surface area contributed by atoms with Crippen molar-refractivity contribution in [2.75, 3.05) is 5.88 Å². The molecule has 5 heteroatoms. The summed E-state index contributed by atoms with van der Waals surface area (Å²) in [5, 5.41) is 11.1. The fourth-order valence-electron chi connectivity index (χ4n) is 7.35. The second-order valence-electron chi connectivity index (χ2n) is 9.64. The molecule has 0 saturated heterocycles. The number of allylic oxidation sites excluding steroid dienone is 4. The molecule has 7 unspecified atom stereocenters. The van der Waals surface area contributed by atoms with Crippen molar-refractivity contribution in [3.8, 4) is 0 Å². The van der Waals surface area contributed by atoms with E-state index in [9.17, 15) is 14.7 Å². The zero-order chi connectivity index (χ0) is 19.8. The Morgan fingerprint density at radius 1 is 1.37 bits per heavy atom. The van der Waals surface area contributed by atoms with E-state index in [4.69, 9.17) is 11.6 Å². The monoisotopic (exact) mass is 394 g/mol. The van der Waals surface area contributed by atoms with Gasteiger partial charge in [-0.2, -0.15) is 0 Å². The third kappa shape index (κ3) is 2.29. The van der Waals surface area contributed by atoms with Crippen LogP contribution in [0, 0.1) is 34.5 Å². The van der Waals surface area contributed by atoms with E-state index in [1.165, 1.54) is 6.08 Å². The molecular weight excluding hydrogens is 367 g/mol. The van der Waals surface area contributed by atoms with Gasteiger partial charge in [0, 0.05) is 17.3 Å². The molecular formula is C22H28ClFO3. The van der Waals surface area contributed by atoms with E-state index in [0.29, 0.717) is 12.8 Å². The van der Waals surface area contributed by atoms with Gasteiger partial charge in [-0.15, -0.1) is 11.6 Å². The lowest BCUT2D eigenvalue weighted by atomic mass is 9.45. The van der Waals surface area contributed by atoms with Crippen molar-refractivity contribution in [3.05, 3.63) is 23.8 Å². The maximum absolute atomic E-state index is 16.8. The predicted octanol–water partition coefficient (Wildman–Crippen LogP) is 4.03. The highest BCUT2D eigenvalue weighted by atomic mass is 35.5. The molecule has 4 aliphatic carbocycles. The summed E-state index contributed by atoms with van der Waals surface area (Å²) < 4.78 is 16.8. The number of fused-ring (bicyclic) bond motifs is 5. The van der Waals surface area contributed by atoms with Gasteiger partial charge in [-0.25, -0.2) is 4.39 Å². The van der Waals surface area contributed by atoms with Crippen LogP contribution in [-0.2, 0) is 9.59 Å². The van der Waals surface area contributed by atoms with E-state index in [-0.39, 0.29) is 47.5 Å². The van der Waals surface area contributed by atoms with Gasteiger partial charge in [-0.05, 0) is 62.0 Å². The summed E-state index contributed by atoms with van der Waals surface area (Å²) in [5.41, 5.74) is -2.44. The molecule has 0 aromatic rings. The number of aliphatic hydroxyl groups is 1. The lowest BCUT2D eigenvalue weighted by Gasteiger charge is -2.62. The lowest BCUT2D eigenvalue weighted by Crippen LogP contribution is -2.66. The first-order chi connectivity index (χ1) is 12.6. The van der Waals surface area contributed by atoms with Crippen LogP contribution >= 0.6 is 11.6 Å².